The van der Waals surface area contributed by atoms with E-state index in [1.165, 1.54) is 12.3 Å². The molecule has 6 heteroatoms. The number of hydrogen-bond acceptors (Lipinski definition) is 5. The molecule has 0 atom stereocenters. The van der Waals surface area contributed by atoms with Crippen LogP contribution in [-0.4, -0.2) is 31.9 Å². The summed E-state index contributed by atoms with van der Waals surface area (Å²) in [5.74, 6) is -0.120. The Hall–Kier alpha value is -1.43. The minimum Gasteiger partial charge on any atom is -0.313 e. The summed E-state index contributed by atoms with van der Waals surface area (Å²) in [5.41, 5.74) is 3.05. The van der Waals surface area contributed by atoms with Crippen molar-refractivity contribution in [3.05, 3.63) is 24.4 Å². The van der Waals surface area contributed by atoms with E-state index in [0.717, 1.165) is 0 Å². The molecule has 0 aliphatic carbocycles. The molecule has 0 saturated carbocycles. The number of aromatic nitrogens is 1. The molecule has 0 unspecified atom stereocenters. The molecule has 0 aliphatic rings. The topological polar surface area (TPSA) is 71.4 Å². The summed E-state index contributed by atoms with van der Waals surface area (Å²) in [7, 11) is -1.74. The molecule has 0 aliphatic heterocycles. The van der Waals surface area contributed by atoms with Crippen LogP contribution >= 0.6 is 0 Å². The Bertz CT molecular complexity index is 440. The lowest BCUT2D eigenvalue weighted by Gasteiger charge is -2.02. The molecule has 5 nitrogen and oxygen atoms in total. The van der Waals surface area contributed by atoms with Gasteiger partial charge in [0.25, 0.3) is 0 Å². The van der Waals surface area contributed by atoms with Gasteiger partial charge in [0.1, 0.15) is 0 Å². The van der Waals surface area contributed by atoms with E-state index in [0.29, 0.717) is 5.71 Å². The first kappa shape index (κ1) is 11.6. The fourth-order valence-corrected chi connectivity index (χ4v) is 2.37. The zero-order valence-corrected chi connectivity index (χ0v) is 9.45. The van der Waals surface area contributed by atoms with Crippen molar-refractivity contribution < 1.29 is 8.42 Å². The van der Waals surface area contributed by atoms with E-state index >= 15 is 0 Å². The van der Waals surface area contributed by atoms with E-state index in [2.05, 4.69) is 15.5 Å². The maximum atomic E-state index is 11.7. The maximum Gasteiger partial charge on any atom is 0.201 e. The van der Waals surface area contributed by atoms with Crippen LogP contribution in [0.1, 0.15) is 6.92 Å². The highest BCUT2D eigenvalue weighted by Crippen LogP contribution is 2.06. The standard InChI is InChI=1S/C9H13N3O2S/c1-8(12-10-2)7-15(13,14)9-5-3-4-6-11-9/h3-6,10H,7H2,1-2H3. The van der Waals surface area contributed by atoms with Crippen molar-refractivity contribution in [2.24, 2.45) is 5.10 Å². The predicted molar refractivity (Wildman–Crippen MR) is 58.5 cm³/mol. The molecule has 0 spiro atoms. The second-order valence-electron chi connectivity index (χ2n) is 3.00. The molecule has 1 aromatic rings. The van der Waals surface area contributed by atoms with Crippen LogP contribution in [0.5, 0.6) is 0 Å². The largest absolute Gasteiger partial charge is 0.313 e. The third-order valence-electron chi connectivity index (χ3n) is 1.66. The van der Waals surface area contributed by atoms with Crippen LogP contribution in [0.3, 0.4) is 0 Å². The molecule has 0 fully saturated rings. The molecule has 0 saturated heterocycles. The van der Waals surface area contributed by atoms with Crippen molar-refractivity contribution in [3.63, 3.8) is 0 Å². The van der Waals surface area contributed by atoms with Gasteiger partial charge in [-0.05, 0) is 19.1 Å². The normalized spacial score (nSPS) is 12.5. The molecule has 1 rings (SSSR count). The van der Waals surface area contributed by atoms with Crippen LogP contribution in [0.15, 0.2) is 34.5 Å². The minimum atomic E-state index is -3.36. The van der Waals surface area contributed by atoms with E-state index in [-0.39, 0.29) is 10.8 Å². The molecule has 0 aromatic carbocycles. The van der Waals surface area contributed by atoms with E-state index in [1.54, 1.807) is 26.1 Å². The molecular formula is C9H13N3O2S. The molecule has 1 heterocycles. The highest BCUT2D eigenvalue weighted by atomic mass is 32.2. The van der Waals surface area contributed by atoms with E-state index in [4.69, 9.17) is 0 Å². The fraction of sp³-hybridized carbons (Fsp3) is 0.333. The number of pyridine rings is 1. The van der Waals surface area contributed by atoms with Gasteiger partial charge < -0.3 is 5.43 Å². The average Bonchev–Trinajstić information content (AvgIpc) is 2.18. The van der Waals surface area contributed by atoms with Crippen molar-refractivity contribution in [2.45, 2.75) is 11.9 Å². The number of nitrogens with one attached hydrogen (secondary N) is 1. The van der Waals surface area contributed by atoms with Gasteiger partial charge in [0, 0.05) is 13.2 Å². The predicted octanol–water partition coefficient (Wildman–Crippen LogP) is 0.451. The van der Waals surface area contributed by atoms with Crippen LogP contribution in [0.2, 0.25) is 0 Å². The third kappa shape index (κ3) is 3.32. The number of hydrazone groups is 1. The van der Waals surface area contributed by atoms with Crippen LogP contribution in [0, 0.1) is 0 Å². The Morgan fingerprint density at radius 3 is 2.80 bits per heavy atom. The Morgan fingerprint density at radius 1 is 1.53 bits per heavy atom. The fourth-order valence-electron chi connectivity index (χ4n) is 1.10. The van der Waals surface area contributed by atoms with Gasteiger partial charge in [-0.25, -0.2) is 13.4 Å². The van der Waals surface area contributed by atoms with Gasteiger partial charge in [0.15, 0.2) is 5.03 Å². The van der Waals surface area contributed by atoms with Crippen molar-refractivity contribution in [1.29, 1.82) is 0 Å². The summed E-state index contributed by atoms with van der Waals surface area (Å²) in [6, 6.07) is 4.79. The van der Waals surface area contributed by atoms with Crippen LogP contribution in [-0.2, 0) is 9.84 Å². The molecule has 1 aromatic heterocycles. The lowest BCUT2D eigenvalue weighted by molar-refractivity contribution is 0.596. The first-order valence-electron chi connectivity index (χ1n) is 4.40. The zero-order chi connectivity index (χ0) is 11.3. The summed E-state index contributed by atoms with van der Waals surface area (Å²) < 4.78 is 23.5. The lowest BCUT2D eigenvalue weighted by Crippen LogP contribution is -2.16. The smallest absolute Gasteiger partial charge is 0.201 e. The Kier molecular flexibility index (Phi) is 3.79. The minimum absolute atomic E-state index is 0.0793. The molecule has 0 radical (unpaired) electrons. The Morgan fingerprint density at radius 2 is 2.27 bits per heavy atom. The second kappa shape index (κ2) is 4.88. The monoisotopic (exact) mass is 227 g/mol. The average molecular weight is 227 g/mol. The highest BCUT2D eigenvalue weighted by Gasteiger charge is 2.16. The number of rotatable bonds is 4. The molecular weight excluding hydrogens is 214 g/mol. The van der Waals surface area contributed by atoms with Crippen molar-refractivity contribution >= 4 is 15.5 Å². The number of sulfone groups is 1. The Labute approximate surface area is 89.2 Å². The van der Waals surface area contributed by atoms with E-state index < -0.39 is 9.84 Å². The van der Waals surface area contributed by atoms with Gasteiger partial charge in [-0.15, -0.1) is 0 Å². The zero-order valence-electron chi connectivity index (χ0n) is 8.64. The van der Waals surface area contributed by atoms with Gasteiger partial charge in [-0.3, -0.25) is 0 Å². The van der Waals surface area contributed by atoms with Gasteiger partial charge in [0.2, 0.25) is 9.84 Å². The van der Waals surface area contributed by atoms with Crippen molar-refractivity contribution in [3.8, 4) is 0 Å². The number of hydrogen-bond donors (Lipinski definition) is 1. The lowest BCUT2D eigenvalue weighted by atomic mass is 10.5. The molecule has 1 N–H and O–H groups in total. The quantitative estimate of drug-likeness (QED) is 0.599. The first-order chi connectivity index (χ1) is 7.06. The van der Waals surface area contributed by atoms with Crippen LogP contribution < -0.4 is 5.43 Å². The van der Waals surface area contributed by atoms with Gasteiger partial charge in [-0.2, -0.15) is 5.10 Å². The van der Waals surface area contributed by atoms with Crippen LogP contribution in [0.4, 0.5) is 0 Å². The van der Waals surface area contributed by atoms with E-state index in [9.17, 15) is 8.42 Å². The summed E-state index contributed by atoms with van der Waals surface area (Å²) in [5, 5.41) is 3.87. The van der Waals surface area contributed by atoms with Crippen molar-refractivity contribution in [1.82, 2.24) is 10.4 Å². The van der Waals surface area contributed by atoms with Crippen molar-refractivity contribution in [2.75, 3.05) is 12.8 Å². The van der Waals surface area contributed by atoms with Gasteiger partial charge in [0.05, 0.1) is 11.5 Å². The first-order valence-corrected chi connectivity index (χ1v) is 6.05. The summed E-state index contributed by atoms with van der Waals surface area (Å²) in [4.78, 5) is 3.80. The molecule has 15 heavy (non-hydrogen) atoms. The second-order valence-corrected chi connectivity index (χ2v) is 4.93. The molecule has 82 valence electrons. The summed E-state index contributed by atoms with van der Waals surface area (Å²) in [6.07, 6.45) is 1.46. The third-order valence-corrected chi connectivity index (χ3v) is 3.33. The maximum absolute atomic E-state index is 11.7. The van der Waals surface area contributed by atoms with E-state index in [1.807, 2.05) is 0 Å². The number of nitrogens with zero attached hydrogens (tertiary/aromatic N) is 2. The molecule has 0 amide bonds. The van der Waals surface area contributed by atoms with Gasteiger partial charge in [-0.1, -0.05) is 6.07 Å². The molecule has 0 bridgehead atoms. The summed E-state index contributed by atoms with van der Waals surface area (Å²) >= 11 is 0. The van der Waals surface area contributed by atoms with Crippen LogP contribution in [0.25, 0.3) is 0 Å². The highest BCUT2D eigenvalue weighted by molar-refractivity contribution is 7.92. The van der Waals surface area contributed by atoms with Gasteiger partial charge >= 0.3 is 0 Å². The Balaban J connectivity index is 2.91. The summed E-state index contributed by atoms with van der Waals surface area (Å²) in [6.45, 7) is 1.65. The SMILES string of the molecule is CNN=C(C)CS(=O)(=O)c1ccccn1.